The molecule has 0 aliphatic heterocycles. The van der Waals surface area contributed by atoms with Crippen molar-refractivity contribution in [2.75, 3.05) is 6.26 Å². The van der Waals surface area contributed by atoms with Crippen molar-refractivity contribution < 1.29 is 9.90 Å². The maximum absolute atomic E-state index is 9.00. The van der Waals surface area contributed by atoms with E-state index in [1.807, 2.05) is 0 Å². The lowest BCUT2D eigenvalue weighted by molar-refractivity contribution is -0.134. The normalized spacial score (nSPS) is 8.29. The van der Waals surface area contributed by atoms with E-state index in [1.165, 1.54) is 24.0 Å². The van der Waals surface area contributed by atoms with Crippen molar-refractivity contribution >= 4 is 18.6 Å². The maximum Gasteiger partial charge on any atom is 0.300 e. The summed E-state index contributed by atoms with van der Waals surface area (Å²) in [6, 6.07) is 8.93. The molecular weight excluding hydrogens is 232 g/mol. The summed E-state index contributed by atoms with van der Waals surface area (Å²) in [5, 5.41) is 7.42. The quantitative estimate of drug-likeness (QED) is 0.806. The molecule has 0 unspecified atom stereocenters. The minimum Gasteiger partial charge on any atom is -0.481 e. The average molecular weight is 256 g/mol. The molecule has 3 heteroatoms. The van der Waals surface area contributed by atoms with Crippen LogP contribution in [0.4, 0.5) is 0 Å². The highest BCUT2D eigenvalue weighted by molar-refractivity contribution is 7.79. The van der Waals surface area contributed by atoms with Crippen LogP contribution < -0.4 is 0 Å². The van der Waals surface area contributed by atoms with Crippen molar-refractivity contribution in [2.24, 2.45) is 0 Å². The van der Waals surface area contributed by atoms with Crippen LogP contribution in [0.15, 0.2) is 24.3 Å². The van der Waals surface area contributed by atoms with Crippen LogP contribution in [-0.2, 0) is 17.6 Å². The third-order valence-corrected chi connectivity index (χ3v) is 1.97. The minimum atomic E-state index is -0.833. The van der Waals surface area contributed by atoms with Gasteiger partial charge in [0.25, 0.3) is 5.97 Å². The Morgan fingerprint density at radius 3 is 1.76 bits per heavy atom. The molecule has 0 saturated carbocycles. The predicted molar refractivity (Wildman–Crippen MR) is 78.0 cm³/mol. The second kappa shape index (κ2) is 13.1. The standard InChI is InChI=1S/C11H16.C2H4O2.CH4S/c1-3-5-11-8-6-10(4-2)7-9-11;1-2(3)4;1-2/h6-9H,3-5H2,1-2H3;1H3,(H,3,4);2H,1H3. The highest BCUT2D eigenvalue weighted by atomic mass is 32.1. The lowest BCUT2D eigenvalue weighted by Crippen LogP contribution is -1.84. The lowest BCUT2D eigenvalue weighted by Gasteiger charge is -1.99. The molecule has 1 aromatic carbocycles. The van der Waals surface area contributed by atoms with Crippen molar-refractivity contribution in [3.05, 3.63) is 35.4 Å². The van der Waals surface area contributed by atoms with Gasteiger partial charge >= 0.3 is 0 Å². The molecule has 2 nitrogen and oxygen atoms in total. The van der Waals surface area contributed by atoms with Crippen molar-refractivity contribution in [2.45, 2.75) is 40.0 Å². The number of aryl methyl sites for hydroxylation is 2. The van der Waals surface area contributed by atoms with Crippen LogP contribution in [0.3, 0.4) is 0 Å². The van der Waals surface area contributed by atoms with E-state index in [2.05, 4.69) is 50.7 Å². The summed E-state index contributed by atoms with van der Waals surface area (Å²) in [7, 11) is 0. The van der Waals surface area contributed by atoms with E-state index in [0.29, 0.717) is 0 Å². The van der Waals surface area contributed by atoms with E-state index in [-0.39, 0.29) is 0 Å². The number of carboxylic acids is 1. The second-order valence-electron chi connectivity index (χ2n) is 3.44. The summed E-state index contributed by atoms with van der Waals surface area (Å²) < 4.78 is 0. The van der Waals surface area contributed by atoms with Crippen LogP contribution >= 0.6 is 12.6 Å². The largest absolute Gasteiger partial charge is 0.481 e. The molecule has 0 saturated heterocycles. The first-order valence-corrected chi connectivity index (χ1v) is 6.71. The third-order valence-electron chi connectivity index (χ3n) is 1.97. The summed E-state index contributed by atoms with van der Waals surface area (Å²) >= 11 is 3.53. The van der Waals surface area contributed by atoms with Gasteiger partial charge in [0, 0.05) is 6.92 Å². The Labute approximate surface area is 110 Å². The topological polar surface area (TPSA) is 37.3 Å². The van der Waals surface area contributed by atoms with Crippen molar-refractivity contribution in [1.82, 2.24) is 0 Å². The number of carbonyl (C=O) groups is 1. The van der Waals surface area contributed by atoms with Gasteiger partial charge in [-0.05, 0) is 30.2 Å². The van der Waals surface area contributed by atoms with Gasteiger partial charge in [0.05, 0.1) is 0 Å². The molecule has 98 valence electrons. The highest BCUT2D eigenvalue weighted by Crippen LogP contribution is 2.06. The molecule has 0 fully saturated rings. The van der Waals surface area contributed by atoms with Gasteiger partial charge in [0.15, 0.2) is 0 Å². The Kier molecular flexibility index (Phi) is 14.2. The molecule has 1 aromatic rings. The van der Waals surface area contributed by atoms with Crippen LogP contribution in [0.1, 0.15) is 38.3 Å². The van der Waals surface area contributed by atoms with Crippen LogP contribution in [0.25, 0.3) is 0 Å². The van der Waals surface area contributed by atoms with Crippen molar-refractivity contribution in [1.29, 1.82) is 0 Å². The first kappa shape index (κ1) is 18.4. The molecule has 0 aliphatic carbocycles. The van der Waals surface area contributed by atoms with E-state index < -0.39 is 5.97 Å². The fourth-order valence-corrected chi connectivity index (χ4v) is 1.23. The highest BCUT2D eigenvalue weighted by Gasteiger charge is 1.90. The van der Waals surface area contributed by atoms with E-state index in [9.17, 15) is 0 Å². The molecule has 0 spiro atoms. The first-order chi connectivity index (χ1) is 8.10. The zero-order valence-electron chi connectivity index (χ0n) is 11.2. The Hall–Kier alpha value is -0.960. The molecule has 1 N–H and O–H groups in total. The monoisotopic (exact) mass is 256 g/mol. The molecule has 0 aromatic heterocycles. The smallest absolute Gasteiger partial charge is 0.300 e. The molecule has 0 radical (unpaired) electrons. The SMILES string of the molecule is CC(=O)O.CCCc1ccc(CC)cc1.CS. The van der Waals surface area contributed by atoms with Gasteiger partial charge in [0.1, 0.15) is 0 Å². The summed E-state index contributed by atoms with van der Waals surface area (Å²) in [5.74, 6) is -0.833. The second-order valence-corrected chi connectivity index (χ2v) is 3.44. The molecule has 1 rings (SSSR count). The molecule has 0 bridgehead atoms. The Morgan fingerprint density at radius 2 is 1.47 bits per heavy atom. The van der Waals surface area contributed by atoms with Gasteiger partial charge in [0.2, 0.25) is 0 Å². The Morgan fingerprint density at radius 1 is 1.12 bits per heavy atom. The van der Waals surface area contributed by atoms with Crippen LogP contribution in [0.2, 0.25) is 0 Å². The third kappa shape index (κ3) is 13.0. The van der Waals surface area contributed by atoms with Gasteiger partial charge in [-0.15, -0.1) is 0 Å². The van der Waals surface area contributed by atoms with E-state index in [1.54, 1.807) is 6.26 Å². The summed E-state index contributed by atoms with van der Waals surface area (Å²) in [6.45, 7) is 5.49. The van der Waals surface area contributed by atoms with Gasteiger partial charge in [-0.3, -0.25) is 4.79 Å². The summed E-state index contributed by atoms with van der Waals surface area (Å²) in [6.07, 6.45) is 5.29. The number of rotatable bonds is 3. The lowest BCUT2D eigenvalue weighted by atomic mass is 10.1. The fourth-order valence-electron chi connectivity index (χ4n) is 1.23. The Balaban J connectivity index is 0. The van der Waals surface area contributed by atoms with Gasteiger partial charge in [-0.25, -0.2) is 0 Å². The molecular formula is C14H24O2S. The Bertz CT molecular complexity index is 277. The van der Waals surface area contributed by atoms with Gasteiger partial charge in [-0.1, -0.05) is 44.5 Å². The number of carboxylic acid groups (broad SMARTS) is 1. The molecule has 17 heavy (non-hydrogen) atoms. The van der Waals surface area contributed by atoms with Gasteiger partial charge in [-0.2, -0.15) is 12.6 Å². The average Bonchev–Trinajstić information content (AvgIpc) is 2.32. The number of hydrogen-bond donors (Lipinski definition) is 2. The summed E-state index contributed by atoms with van der Waals surface area (Å²) in [4.78, 5) is 9.00. The molecule has 0 aliphatic rings. The molecule has 0 heterocycles. The summed E-state index contributed by atoms with van der Waals surface area (Å²) in [5.41, 5.74) is 2.90. The predicted octanol–water partition coefficient (Wildman–Crippen LogP) is 3.84. The van der Waals surface area contributed by atoms with Gasteiger partial charge < -0.3 is 5.11 Å². The fraction of sp³-hybridized carbons (Fsp3) is 0.500. The molecule has 0 atom stereocenters. The van der Waals surface area contributed by atoms with Crippen molar-refractivity contribution in [3.63, 3.8) is 0 Å². The van der Waals surface area contributed by atoms with Crippen molar-refractivity contribution in [3.8, 4) is 0 Å². The number of thiol groups is 1. The maximum atomic E-state index is 9.00. The zero-order valence-corrected chi connectivity index (χ0v) is 12.1. The number of benzene rings is 1. The number of hydrogen-bond acceptors (Lipinski definition) is 2. The number of aliphatic carboxylic acids is 1. The zero-order chi connectivity index (χ0) is 13.7. The van der Waals surface area contributed by atoms with E-state index >= 15 is 0 Å². The molecule has 0 amide bonds. The van der Waals surface area contributed by atoms with E-state index in [0.717, 1.165) is 13.3 Å². The minimum absolute atomic E-state index is 0.833. The van der Waals surface area contributed by atoms with E-state index in [4.69, 9.17) is 9.90 Å². The van der Waals surface area contributed by atoms with Crippen LogP contribution in [0, 0.1) is 0 Å². The van der Waals surface area contributed by atoms with Crippen LogP contribution in [0.5, 0.6) is 0 Å². The van der Waals surface area contributed by atoms with Crippen LogP contribution in [-0.4, -0.2) is 17.3 Å². The first-order valence-electron chi connectivity index (χ1n) is 5.82.